The molecule has 2 saturated heterocycles. The van der Waals surface area contributed by atoms with Gasteiger partial charge in [-0.3, -0.25) is 4.90 Å². The normalized spacial score (nSPS) is 23.4. The number of likely N-dealkylation sites (tertiary alicyclic amines) is 2. The van der Waals surface area contributed by atoms with Gasteiger partial charge in [-0.1, -0.05) is 6.42 Å². The molecule has 2 amide bonds. The van der Waals surface area contributed by atoms with Crippen molar-refractivity contribution in [3.63, 3.8) is 0 Å². The van der Waals surface area contributed by atoms with Gasteiger partial charge in [0.15, 0.2) is 0 Å². The summed E-state index contributed by atoms with van der Waals surface area (Å²) in [5.41, 5.74) is 0. The Morgan fingerprint density at radius 3 is 2.62 bits per heavy atom. The van der Waals surface area contributed by atoms with Gasteiger partial charge in [0.2, 0.25) is 0 Å². The number of piperidine rings is 1. The highest BCUT2D eigenvalue weighted by Gasteiger charge is 2.30. The van der Waals surface area contributed by atoms with Gasteiger partial charge in [0.05, 0.1) is 0 Å². The Hall–Kier alpha value is -1.49. The first-order valence-electron chi connectivity index (χ1n) is 8.20. The Morgan fingerprint density at radius 2 is 1.86 bits per heavy atom. The summed E-state index contributed by atoms with van der Waals surface area (Å²) in [6, 6.07) is 4.69. The zero-order valence-electron chi connectivity index (χ0n) is 12.7. The molecule has 1 N–H and O–H groups in total. The van der Waals surface area contributed by atoms with Crippen molar-refractivity contribution in [2.45, 2.75) is 38.3 Å². The minimum absolute atomic E-state index is 0.0988. The summed E-state index contributed by atoms with van der Waals surface area (Å²) in [5, 5.41) is 3.03. The van der Waals surface area contributed by atoms with E-state index in [1.54, 1.807) is 0 Å². The van der Waals surface area contributed by atoms with E-state index in [2.05, 4.69) is 14.8 Å². The molecule has 1 atom stereocenters. The molecule has 0 bridgehead atoms. The Bertz CT molecular complexity index is 439. The maximum absolute atomic E-state index is 12.2. The average molecular weight is 290 g/mol. The number of hydrogen-bond donors (Lipinski definition) is 1. The Balaban J connectivity index is 1.39. The second kappa shape index (κ2) is 6.98. The summed E-state index contributed by atoms with van der Waals surface area (Å²) in [7, 11) is 0. The zero-order chi connectivity index (χ0) is 14.5. The van der Waals surface area contributed by atoms with E-state index in [0.717, 1.165) is 26.1 Å². The van der Waals surface area contributed by atoms with Crippen LogP contribution >= 0.6 is 0 Å². The summed E-state index contributed by atoms with van der Waals surface area (Å²) in [6.45, 7) is 5.76. The lowest BCUT2D eigenvalue weighted by atomic mass is 10.1. The number of hydrogen-bond acceptors (Lipinski definition) is 2. The molecule has 1 aromatic rings. The highest BCUT2D eigenvalue weighted by molar-refractivity contribution is 5.74. The maximum atomic E-state index is 12.2. The molecular formula is C16H26N4O. The van der Waals surface area contributed by atoms with Crippen molar-refractivity contribution in [3.05, 3.63) is 24.5 Å². The van der Waals surface area contributed by atoms with Gasteiger partial charge in [-0.05, 0) is 44.5 Å². The number of urea groups is 1. The highest BCUT2D eigenvalue weighted by atomic mass is 16.2. The largest absolute Gasteiger partial charge is 0.353 e. The van der Waals surface area contributed by atoms with E-state index in [0.29, 0.717) is 12.6 Å². The van der Waals surface area contributed by atoms with Crippen molar-refractivity contribution in [2.75, 3.05) is 32.7 Å². The molecule has 1 aromatic heterocycles. The Labute approximate surface area is 126 Å². The van der Waals surface area contributed by atoms with E-state index >= 15 is 0 Å². The van der Waals surface area contributed by atoms with Gasteiger partial charge >= 0.3 is 6.03 Å². The van der Waals surface area contributed by atoms with Crippen LogP contribution < -0.4 is 5.32 Å². The predicted octanol–water partition coefficient (Wildman–Crippen LogP) is 1.76. The number of nitrogens with zero attached hydrogens (tertiary/aromatic N) is 3. The number of carbonyl (C=O) groups excluding carboxylic acids is 1. The van der Waals surface area contributed by atoms with Crippen molar-refractivity contribution < 1.29 is 4.79 Å². The van der Waals surface area contributed by atoms with E-state index in [-0.39, 0.29) is 6.03 Å². The zero-order valence-corrected chi connectivity index (χ0v) is 12.7. The van der Waals surface area contributed by atoms with Crippen LogP contribution in [0.4, 0.5) is 4.79 Å². The van der Waals surface area contributed by atoms with Crippen LogP contribution in [-0.2, 0) is 6.54 Å². The number of amides is 2. The van der Waals surface area contributed by atoms with E-state index in [9.17, 15) is 4.79 Å². The van der Waals surface area contributed by atoms with E-state index in [1.807, 2.05) is 29.4 Å². The molecule has 0 saturated carbocycles. The van der Waals surface area contributed by atoms with Crippen LogP contribution in [0.5, 0.6) is 0 Å². The smallest absolute Gasteiger partial charge is 0.317 e. The molecule has 0 aliphatic carbocycles. The van der Waals surface area contributed by atoms with Gasteiger partial charge in [0, 0.05) is 44.6 Å². The fourth-order valence-electron chi connectivity index (χ4n) is 3.43. The average Bonchev–Trinajstić information content (AvgIpc) is 3.20. The third-order valence-electron chi connectivity index (χ3n) is 4.67. The lowest BCUT2D eigenvalue weighted by Crippen LogP contribution is -2.44. The number of carbonyl (C=O) groups is 1. The second-order valence-electron chi connectivity index (χ2n) is 6.14. The fraction of sp³-hybridized carbons (Fsp3) is 0.688. The second-order valence-corrected chi connectivity index (χ2v) is 6.14. The molecule has 3 heterocycles. The maximum Gasteiger partial charge on any atom is 0.317 e. The van der Waals surface area contributed by atoms with Crippen molar-refractivity contribution in [3.8, 4) is 0 Å². The Morgan fingerprint density at radius 1 is 1.10 bits per heavy atom. The molecule has 2 aliphatic rings. The van der Waals surface area contributed by atoms with Crippen LogP contribution in [0.1, 0.15) is 25.7 Å². The molecule has 1 unspecified atom stereocenters. The molecule has 116 valence electrons. The van der Waals surface area contributed by atoms with E-state index in [4.69, 9.17) is 0 Å². The van der Waals surface area contributed by atoms with E-state index < -0.39 is 0 Å². The molecule has 2 aliphatic heterocycles. The third-order valence-corrected chi connectivity index (χ3v) is 4.67. The lowest BCUT2D eigenvalue weighted by molar-refractivity contribution is 0.161. The lowest BCUT2D eigenvalue weighted by Gasteiger charge is -2.32. The van der Waals surface area contributed by atoms with Crippen LogP contribution in [0.25, 0.3) is 0 Å². The van der Waals surface area contributed by atoms with Crippen molar-refractivity contribution in [2.24, 2.45) is 0 Å². The SMILES string of the molecule is O=C(NCCn1cccc1)N1CCC(N2CCCCC2)C1. The van der Waals surface area contributed by atoms with Crippen molar-refractivity contribution >= 4 is 6.03 Å². The number of rotatable bonds is 4. The summed E-state index contributed by atoms with van der Waals surface area (Å²) in [5.74, 6) is 0. The summed E-state index contributed by atoms with van der Waals surface area (Å²) in [6.07, 6.45) is 9.18. The monoisotopic (exact) mass is 290 g/mol. The molecule has 0 aromatic carbocycles. The first kappa shape index (κ1) is 14.4. The van der Waals surface area contributed by atoms with Gasteiger partial charge in [-0.25, -0.2) is 4.79 Å². The Kier molecular flexibility index (Phi) is 4.80. The number of nitrogens with one attached hydrogen (secondary N) is 1. The summed E-state index contributed by atoms with van der Waals surface area (Å²) >= 11 is 0. The molecular weight excluding hydrogens is 264 g/mol. The molecule has 0 radical (unpaired) electrons. The molecule has 2 fully saturated rings. The predicted molar refractivity (Wildman–Crippen MR) is 83.2 cm³/mol. The van der Waals surface area contributed by atoms with Gasteiger partial charge in [0.25, 0.3) is 0 Å². The quantitative estimate of drug-likeness (QED) is 0.918. The van der Waals surface area contributed by atoms with Gasteiger partial charge in [-0.15, -0.1) is 0 Å². The van der Waals surface area contributed by atoms with Crippen LogP contribution in [0.15, 0.2) is 24.5 Å². The molecule has 0 spiro atoms. The van der Waals surface area contributed by atoms with E-state index in [1.165, 1.54) is 32.4 Å². The molecule has 21 heavy (non-hydrogen) atoms. The van der Waals surface area contributed by atoms with Crippen LogP contribution in [0.2, 0.25) is 0 Å². The standard InChI is InChI=1S/C16H26N4O/c21-16(17-7-13-18-8-4-5-9-18)20-12-6-15(14-20)19-10-2-1-3-11-19/h4-5,8-9,15H,1-3,6-7,10-14H2,(H,17,21). The highest BCUT2D eigenvalue weighted by Crippen LogP contribution is 2.20. The first-order chi connectivity index (χ1) is 10.3. The van der Waals surface area contributed by atoms with Crippen LogP contribution in [0, 0.1) is 0 Å². The summed E-state index contributed by atoms with van der Waals surface area (Å²) in [4.78, 5) is 16.8. The fourth-order valence-corrected chi connectivity index (χ4v) is 3.43. The molecule has 5 heteroatoms. The molecule has 3 rings (SSSR count). The van der Waals surface area contributed by atoms with Gasteiger partial charge in [0.1, 0.15) is 0 Å². The molecule has 5 nitrogen and oxygen atoms in total. The van der Waals surface area contributed by atoms with Crippen molar-refractivity contribution in [1.82, 2.24) is 19.7 Å². The number of aromatic nitrogens is 1. The van der Waals surface area contributed by atoms with Crippen LogP contribution in [-0.4, -0.2) is 59.2 Å². The third kappa shape index (κ3) is 3.79. The summed E-state index contributed by atoms with van der Waals surface area (Å²) < 4.78 is 2.08. The van der Waals surface area contributed by atoms with Crippen molar-refractivity contribution in [1.29, 1.82) is 0 Å². The van der Waals surface area contributed by atoms with Gasteiger partial charge in [-0.2, -0.15) is 0 Å². The minimum atomic E-state index is 0.0988. The van der Waals surface area contributed by atoms with Gasteiger partial charge < -0.3 is 14.8 Å². The van der Waals surface area contributed by atoms with Crippen LogP contribution in [0.3, 0.4) is 0 Å². The minimum Gasteiger partial charge on any atom is -0.353 e. The topological polar surface area (TPSA) is 40.5 Å². The first-order valence-corrected chi connectivity index (χ1v) is 8.20.